The lowest BCUT2D eigenvalue weighted by Crippen LogP contribution is -2.47. The van der Waals surface area contributed by atoms with Gasteiger partial charge in [-0.15, -0.1) is 0 Å². The molecule has 1 fully saturated rings. The number of rotatable bonds is 5. The summed E-state index contributed by atoms with van der Waals surface area (Å²) in [5.74, 6) is 0.624. The summed E-state index contributed by atoms with van der Waals surface area (Å²) in [5.41, 5.74) is 2.88. The predicted molar refractivity (Wildman–Crippen MR) is 87.1 cm³/mol. The van der Waals surface area contributed by atoms with Gasteiger partial charge in [0.05, 0.1) is 0 Å². The summed E-state index contributed by atoms with van der Waals surface area (Å²) in [5, 5.41) is 3.68. The minimum absolute atomic E-state index is 0.588. The molecule has 0 radical (unpaired) electrons. The number of nitrogens with one attached hydrogen (secondary N) is 1. The zero-order valence-corrected chi connectivity index (χ0v) is 13.5. The van der Waals surface area contributed by atoms with Crippen LogP contribution in [0.5, 0.6) is 0 Å². The van der Waals surface area contributed by atoms with E-state index < -0.39 is 0 Å². The monoisotopic (exact) mass is 274 g/mol. The largest absolute Gasteiger partial charge is 0.311 e. The van der Waals surface area contributed by atoms with Gasteiger partial charge in [-0.25, -0.2) is 0 Å². The second kappa shape index (κ2) is 7.24. The van der Waals surface area contributed by atoms with Crippen molar-refractivity contribution in [3.8, 4) is 0 Å². The molecule has 2 rings (SSSR count). The maximum absolute atomic E-state index is 3.68. The van der Waals surface area contributed by atoms with Crippen molar-refractivity contribution in [1.82, 2.24) is 10.2 Å². The number of hydrogen-bond acceptors (Lipinski definition) is 2. The Kier molecular flexibility index (Phi) is 5.62. The van der Waals surface area contributed by atoms with Crippen LogP contribution < -0.4 is 5.32 Å². The summed E-state index contributed by atoms with van der Waals surface area (Å²) < 4.78 is 0. The van der Waals surface area contributed by atoms with Crippen molar-refractivity contribution in [2.45, 2.75) is 65.1 Å². The third-order valence-electron chi connectivity index (χ3n) is 4.13. The van der Waals surface area contributed by atoms with Gasteiger partial charge in [-0.1, -0.05) is 52.0 Å². The Bertz CT molecular complexity index is 394. The summed E-state index contributed by atoms with van der Waals surface area (Å²) in [6.45, 7) is 12.5. The van der Waals surface area contributed by atoms with Gasteiger partial charge in [-0.05, 0) is 36.4 Å². The zero-order chi connectivity index (χ0) is 14.5. The van der Waals surface area contributed by atoms with Gasteiger partial charge in [0.25, 0.3) is 0 Å². The number of piperidine rings is 1. The standard InChI is InChI=1S/C18H30N2/c1-14(2)17-9-7-16(8-10-17)12-20-11-5-6-18(13-20)19-15(3)4/h7-10,14-15,18-19H,5-6,11-13H2,1-4H3. The summed E-state index contributed by atoms with van der Waals surface area (Å²) in [7, 11) is 0. The molecule has 0 saturated carbocycles. The molecule has 1 saturated heterocycles. The molecular weight excluding hydrogens is 244 g/mol. The average molecular weight is 274 g/mol. The van der Waals surface area contributed by atoms with Crippen LogP contribution in [0.25, 0.3) is 0 Å². The zero-order valence-electron chi connectivity index (χ0n) is 13.5. The van der Waals surface area contributed by atoms with Crippen molar-refractivity contribution in [3.63, 3.8) is 0 Å². The van der Waals surface area contributed by atoms with Crippen molar-refractivity contribution >= 4 is 0 Å². The molecule has 112 valence electrons. The summed E-state index contributed by atoms with van der Waals surface area (Å²) >= 11 is 0. The first-order chi connectivity index (χ1) is 9.54. The van der Waals surface area contributed by atoms with Crippen LogP contribution >= 0.6 is 0 Å². The highest BCUT2D eigenvalue weighted by molar-refractivity contribution is 5.24. The fourth-order valence-corrected chi connectivity index (χ4v) is 3.07. The minimum atomic E-state index is 0.588. The highest BCUT2D eigenvalue weighted by Crippen LogP contribution is 2.18. The van der Waals surface area contributed by atoms with Crippen molar-refractivity contribution in [1.29, 1.82) is 0 Å². The molecule has 1 N–H and O–H groups in total. The molecule has 0 aromatic heterocycles. The van der Waals surface area contributed by atoms with E-state index in [4.69, 9.17) is 0 Å². The van der Waals surface area contributed by atoms with Crippen molar-refractivity contribution < 1.29 is 0 Å². The van der Waals surface area contributed by atoms with E-state index in [0.29, 0.717) is 18.0 Å². The Hall–Kier alpha value is -0.860. The topological polar surface area (TPSA) is 15.3 Å². The molecule has 2 nitrogen and oxygen atoms in total. The first-order valence-corrected chi connectivity index (χ1v) is 8.12. The molecule has 1 aromatic carbocycles. The van der Waals surface area contributed by atoms with Crippen molar-refractivity contribution in [3.05, 3.63) is 35.4 Å². The molecule has 1 aromatic rings. The first-order valence-electron chi connectivity index (χ1n) is 8.12. The van der Waals surface area contributed by atoms with Gasteiger partial charge in [0.15, 0.2) is 0 Å². The Labute approximate surface area is 124 Å². The first kappa shape index (κ1) is 15.5. The van der Waals surface area contributed by atoms with Gasteiger partial charge in [-0.2, -0.15) is 0 Å². The second-order valence-corrected chi connectivity index (χ2v) is 6.79. The van der Waals surface area contributed by atoms with E-state index in [1.807, 2.05) is 0 Å². The number of hydrogen-bond donors (Lipinski definition) is 1. The highest BCUT2D eigenvalue weighted by atomic mass is 15.2. The van der Waals surface area contributed by atoms with E-state index in [-0.39, 0.29) is 0 Å². The van der Waals surface area contributed by atoms with Gasteiger partial charge in [0.1, 0.15) is 0 Å². The van der Waals surface area contributed by atoms with E-state index in [2.05, 4.69) is 62.2 Å². The van der Waals surface area contributed by atoms with Gasteiger partial charge in [0, 0.05) is 25.2 Å². The lowest BCUT2D eigenvalue weighted by molar-refractivity contribution is 0.178. The van der Waals surface area contributed by atoms with E-state index in [1.165, 1.54) is 37.1 Å². The molecule has 1 unspecified atom stereocenters. The lowest BCUT2D eigenvalue weighted by atomic mass is 10.0. The maximum Gasteiger partial charge on any atom is 0.0234 e. The van der Waals surface area contributed by atoms with Gasteiger partial charge < -0.3 is 5.32 Å². The van der Waals surface area contributed by atoms with Crippen molar-refractivity contribution in [2.75, 3.05) is 13.1 Å². The van der Waals surface area contributed by atoms with Gasteiger partial charge in [0.2, 0.25) is 0 Å². The Morgan fingerprint density at radius 1 is 1.15 bits per heavy atom. The van der Waals surface area contributed by atoms with Gasteiger partial charge >= 0.3 is 0 Å². The summed E-state index contributed by atoms with van der Waals surface area (Å²) in [6.07, 6.45) is 2.63. The molecular formula is C18H30N2. The Morgan fingerprint density at radius 2 is 1.85 bits per heavy atom. The third-order valence-corrected chi connectivity index (χ3v) is 4.13. The highest BCUT2D eigenvalue weighted by Gasteiger charge is 2.20. The van der Waals surface area contributed by atoms with Gasteiger partial charge in [-0.3, -0.25) is 4.90 Å². The maximum atomic E-state index is 3.68. The molecule has 0 aliphatic carbocycles. The van der Waals surface area contributed by atoms with Crippen LogP contribution in [0.1, 0.15) is 57.6 Å². The third kappa shape index (κ3) is 4.60. The fraction of sp³-hybridized carbons (Fsp3) is 0.667. The summed E-state index contributed by atoms with van der Waals surface area (Å²) in [6, 6.07) is 10.4. The number of nitrogens with zero attached hydrogens (tertiary/aromatic N) is 1. The molecule has 20 heavy (non-hydrogen) atoms. The molecule has 1 aliphatic rings. The van der Waals surface area contributed by atoms with Crippen LogP contribution in [-0.4, -0.2) is 30.1 Å². The average Bonchev–Trinajstić information content (AvgIpc) is 2.39. The quantitative estimate of drug-likeness (QED) is 0.879. The number of benzene rings is 1. The SMILES string of the molecule is CC(C)NC1CCCN(Cc2ccc(C(C)C)cc2)C1. The van der Waals surface area contributed by atoms with Crippen LogP contribution in [0.15, 0.2) is 24.3 Å². The lowest BCUT2D eigenvalue weighted by Gasteiger charge is -2.34. The van der Waals surface area contributed by atoms with E-state index in [1.54, 1.807) is 0 Å². The van der Waals surface area contributed by atoms with Crippen molar-refractivity contribution in [2.24, 2.45) is 0 Å². The minimum Gasteiger partial charge on any atom is -0.311 e. The molecule has 0 amide bonds. The Morgan fingerprint density at radius 3 is 2.45 bits per heavy atom. The van der Waals surface area contributed by atoms with E-state index >= 15 is 0 Å². The molecule has 1 atom stereocenters. The smallest absolute Gasteiger partial charge is 0.0234 e. The molecule has 1 aliphatic heterocycles. The summed E-state index contributed by atoms with van der Waals surface area (Å²) in [4.78, 5) is 2.59. The van der Waals surface area contributed by atoms with Crippen LogP contribution in [0, 0.1) is 0 Å². The predicted octanol–water partition coefficient (Wildman–Crippen LogP) is 3.77. The normalized spacial score (nSPS) is 20.8. The second-order valence-electron chi connectivity index (χ2n) is 6.79. The Balaban J connectivity index is 1.89. The van der Waals surface area contributed by atoms with E-state index in [9.17, 15) is 0 Å². The molecule has 2 heteroatoms. The van der Waals surface area contributed by atoms with Crippen LogP contribution in [0.4, 0.5) is 0 Å². The van der Waals surface area contributed by atoms with Crippen LogP contribution in [-0.2, 0) is 6.54 Å². The molecule has 0 bridgehead atoms. The number of likely N-dealkylation sites (tertiary alicyclic amines) is 1. The molecule has 1 heterocycles. The van der Waals surface area contributed by atoms with E-state index in [0.717, 1.165) is 6.54 Å². The van der Waals surface area contributed by atoms with Crippen LogP contribution in [0.2, 0.25) is 0 Å². The van der Waals surface area contributed by atoms with Crippen LogP contribution in [0.3, 0.4) is 0 Å². The fourth-order valence-electron chi connectivity index (χ4n) is 3.07. The molecule has 0 spiro atoms.